The van der Waals surface area contributed by atoms with E-state index in [1.807, 2.05) is 0 Å². The second-order valence-corrected chi connectivity index (χ2v) is 3.44. The Labute approximate surface area is 76.9 Å². The molecule has 70 valence electrons. The standard InChI is InChI=1S/C11H21N/c1-5-8-12-11(7-3)9-10(4)6-2/h1,10-12H,6-9H2,2-4H3. The molecule has 0 amide bonds. The highest BCUT2D eigenvalue weighted by Crippen LogP contribution is 2.11. The molecule has 2 unspecified atom stereocenters. The summed E-state index contributed by atoms with van der Waals surface area (Å²) in [7, 11) is 0. The largest absolute Gasteiger partial charge is 0.303 e. The highest BCUT2D eigenvalue weighted by atomic mass is 14.9. The average Bonchev–Trinajstić information content (AvgIpc) is 2.11. The first-order valence-electron chi connectivity index (χ1n) is 4.91. The Kier molecular flexibility index (Phi) is 6.90. The summed E-state index contributed by atoms with van der Waals surface area (Å²) in [5, 5.41) is 3.35. The molecule has 0 aromatic rings. The van der Waals surface area contributed by atoms with E-state index in [9.17, 15) is 0 Å². The fraction of sp³-hybridized carbons (Fsp3) is 0.818. The van der Waals surface area contributed by atoms with Crippen LogP contribution in [0.2, 0.25) is 0 Å². The monoisotopic (exact) mass is 167 g/mol. The van der Waals surface area contributed by atoms with Crippen LogP contribution in [0.5, 0.6) is 0 Å². The van der Waals surface area contributed by atoms with Crippen molar-refractivity contribution in [2.45, 2.75) is 46.1 Å². The Bertz CT molecular complexity index is 134. The van der Waals surface area contributed by atoms with Gasteiger partial charge in [-0.3, -0.25) is 0 Å². The van der Waals surface area contributed by atoms with E-state index < -0.39 is 0 Å². The molecule has 0 aromatic heterocycles. The fourth-order valence-electron chi connectivity index (χ4n) is 1.25. The molecule has 0 bridgehead atoms. The van der Waals surface area contributed by atoms with Gasteiger partial charge in [0.2, 0.25) is 0 Å². The first-order valence-corrected chi connectivity index (χ1v) is 4.91. The third-order valence-electron chi connectivity index (χ3n) is 2.37. The quantitative estimate of drug-likeness (QED) is 0.599. The molecule has 0 spiro atoms. The van der Waals surface area contributed by atoms with Gasteiger partial charge in [0, 0.05) is 6.04 Å². The van der Waals surface area contributed by atoms with Crippen LogP contribution in [0.3, 0.4) is 0 Å². The SMILES string of the molecule is C#CCNC(CC)CC(C)CC. The molecule has 1 heteroatoms. The first kappa shape index (κ1) is 11.5. The summed E-state index contributed by atoms with van der Waals surface area (Å²) >= 11 is 0. The lowest BCUT2D eigenvalue weighted by Crippen LogP contribution is -2.30. The van der Waals surface area contributed by atoms with Gasteiger partial charge in [-0.1, -0.05) is 33.1 Å². The molecule has 0 aliphatic rings. The Morgan fingerprint density at radius 2 is 2.00 bits per heavy atom. The first-order chi connectivity index (χ1) is 5.74. The Hall–Kier alpha value is -0.480. The lowest BCUT2D eigenvalue weighted by Gasteiger charge is -2.18. The van der Waals surface area contributed by atoms with Gasteiger partial charge in [0.15, 0.2) is 0 Å². The van der Waals surface area contributed by atoms with Crippen LogP contribution in [0, 0.1) is 18.3 Å². The molecule has 0 rings (SSSR count). The van der Waals surface area contributed by atoms with E-state index in [0.29, 0.717) is 12.6 Å². The number of nitrogens with one attached hydrogen (secondary N) is 1. The molecule has 0 aliphatic carbocycles. The Balaban J connectivity index is 3.60. The van der Waals surface area contributed by atoms with Gasteiger partial charge in [-0.05, 0) is 18.8 Å². The predicted octanol–water partition coefficient (Wildman–Crippen LogP) is 2.42. The molecule has 1 nitrogen and oxygen atoms in total. The van der Waals surface area contributed by atoms with Gasteiger partial charge in [0.1, 0.15) is 0 Å². The van der Waals surface area contributed by atoms with Crippen LogP contribution < -0.4 is 5.32 Å². The zero-order chi connectivity index (χ0) is 9.40. The molecule has 1 N–H and O–H groups in total. The van der Waals surface area contributed by atoms with E-state index in [1.54, 1.807) is 0 Å². The maximum atomic E-state index is 5.18. The summed E-state index contributed by atoms with van der Waals surface area (Å²) in [5.74, 6) is 3.42. The summed E-state index contributed by atoms with van der Waals surface area (Å²) < 4.78 is 0. The van der Waals surface area contributed by atoms with Crippen molar-refractivity contribution in [2.24, 2.45) is 5.92 Å². The number of terminal acetylenes is 1. The third-order valence-corrected chi connectivity index (χ3v) is 2.37. The Morgan fingerprint density at radius 1 is 1.33 bits per heavy atom. The van der Waals surface area contributed by atoms with Gasteiger partial charge in [-0.15, -0.1) is 6.42 Å². The van der Waals surface area contributed by atoms with Crippen molar-refractivity contribution < 1.29 is 0 Å². The van der Waals surface area contributed by atoms with Gasteiger partial charge in [0.05, 0.1) is 6.54 Å². The van der Waals surface area contributed by atoms with E-state index in [-0.39, 0.29) is 0 Å². The van der Waals surface area contributed by atoms with Gasteiger partial charge < -0.3 is 5.32 Å². The lowest BCUT2D eigenvalue weighted by atomic mass is 9.98. The van der Waals surface area contributed by atoms with Crippen LogP contribution in [-0.2, 0) is 0 Å². The van der Waals surface area contributed by atoms with Crippen molar-refractivity contribution >= 4 is 0 Å². The van der Waals surface area contributed by atoms with E-state index in [4.69, 9.17) is 6.42 Å². The van der Waals surface area contributed by atoms with Crippen LogP contribution in [0.25, 0.3) is 0 Å². The Morgan fingerprint density at radius 3 is 2.42 bits per heavy atom. The van der Waals surface area contributed by atoms with Crippen LogP contribution in [-0.4, -0.2) is 12.6 Å². The topological polar surface area (TPSA) is 12.0 Å². The van der Waals surface area contributed by atoms with E-state index in [0.717, 1.165) is 5.92 Å². The summed E-state index contributed by atoms with van der Waals surface area (Å²) in [6, 6.07) is 0.607. The highest BCUT2D eigenvalue weighted by molar-refractivity contribution is 4.88. The van der Waals surface area contributed by atoms with E-state index >= 15 is 0 Å². The molecule has 0 aromatic carbocycles. The van der Waals surface area contributed by atoms with Crippen molar-refractivity contribution in [1.82, 2.24) is 5.32 Å². The highest BCUT2D eigenvalue weighted by Gasteiger charge is 2.08. The van der Waals surface area contributed by atoms with E-state index in [2.05, 4.69) is 32.0 Å². The normalized spacial score (nSPS) is 15.2. The maximum Gasteiger partial charge on any atom is 0.0575 e. The third kappa shape index (κ3) is 5.21. The zero-order valence-corrected chi connectivity index (χ0v) is 8.56. The molecule has 0 aliphatic heterocycles. The van der Waals surface area contributed by atoms with Crippen molar-refractivity contribution in [3.05, 3.63) is 0 Å². The smallest absolute Gasteiger partial charge is 0.0575 e. The molecule has 0 saturated carbocycles. The number of hydrogen-bond acceptors (Lipinski definition) is 1. The van der Waals surface area contributed by atoms with Crippen molar-refractivity contribution in [3.8, 4) is 12.3 Å². The fourth-order valence-corrected chi connectivity index (χ4v) is 1.25. The van der Waals surface area contributed by atoms with Gasteiger partial charge >= 0.3 is 0 Å². The minimum Gasteiger partial charge on any atom is -0.303 e. The summed E-state index contributed by atoms with van der Waals surface area (Å²) in [4.78, 5) is 0. The second kappa shape index (κ2) is 7.18. The van der Waals surface area contributed by atoms with Crippen molar-refractivity contribution in [2.75, 3.05) is 6.54 Å². The minimum absolute atomic E-state index is 0.607. The van der Waals surface area contributed by atoms with Crippen molar-refractivity contribution in [3.63, 3.8) is 0 Å². The van der Waals surface area contributed by atoms with Gasteiger partial charge in [-0.25, -0.2) is 0 Å². The molecule has 12 heavy (non-hydrogen) atoms. The van der Waals surface area contributed by atoms with Gasteiger partial charge in [0.25, 0.3) is 0 Å². The summed E-state index contributed by atoms with van der Waals surface area (Å²) in [6.07, 6.45) is 8.86. The maximum absolute atomic E-state index is 5.18. The lowest BCUT2D eigenvalue weighted by molar-refractivity contribution is 0.397. The minimum atomic E-state index is 0.607. The molecular formula is C11H21N. The average molecular weight is 167 g/mol. The second-order valence-electron chi connectivity index (χ2n) is 3.44. The number of rotatable bonds is 6. The summed E-state index contributed by atoms with van der Waals surface area (Å²) in [5.41, 5.74) is 0. The molecule has 2 atom stereocenters. The molecular weight excluding hydrogens is 146 g/mol. The van der Waals surface area contributed by atoms with Gasteiger partial charge in [-0.2, -0.15) is 0 Å². The van der Waals surface area contributed by atoms with Crippen LogP contribution in [0.4, 0.5) is 0 Å². The van der Waals surface area contributed by atoms with Crippen LogP contribution in [0.1, 0.15) is 40.0 Å². The number of hydrogen-bond donors (Lipinski definition) is 1. The van der Waals surface area contributed by atoms with Crippen LogP contribution in [0.15, 0.2) is 0 Å². The zero-order valence-electron chi connectivity index (χ0n) is 8.56. The van der Waals surface area contributed by atoms with Crippen LogP contribution >= 0.6 is 0 Å². The van der Waals surface area contributed by atoms with Crippen molar-refractivity contribution in [1.29, 1.82) is 0 Å². The summed E-state index contributed by atoms with van der Waals surface area (Å²) in [6.45, 7) is 7.43. The molecule has 0 radical (unpaired) electrons. The predicted molar refractivity (Wildman–Crippen MR) is 55.0 cm³/mol. The van der Waals surface area contributed by atoms with E-state index in [1.165, 1.54) is 19.3 Å². The molecule has 0 heterocycles. The molecule has 0 fully saturated rings. The molecule has 0 saturated heterocycles.